The fourth-order valence-electron chi connectivity index (χ4n) is 4.18. The molecule has 3 aromatic rings. The molecule has 1 atom stereocenters. The van der Waals surface area contributed by atoms with Gasteiger partial charge in [-0.25, -0.2) is 4.79 Å². The fraction of sp³-hybridized carbons (Fsp3) is 0.261. The standard InChI is InChI=1S/C23H22N4O6S/c1-25-10-16-9-18(7-8-21(16)33-23(25)30)34(31,32)27-12-17-11-26(13-20(17)24-27)22(29)19(14-28)15-5-3-2-4-6-15/h2-9,12,19,28H,10-11,13-14H2,1H3. The second kappa shape index (κ2) is 8.26. The maximum absolute atomic E-state index is 13.2. The Hall–Kier alpha value is -3.70. The molecule has 1 aromatic heterocycles. The van der Waals surface area contributed by atoms with E-state index in [1.165, 1.54) is 29.3 Å². The molecular weight excluding hydrogens is 460 g/mol. The lowest BCUT2D eigenvalue weighted by Gasteiger charge is -2.24. The van der Waals surface area contributed by atoms with Crippen molar-refractivity contribution in [3.63, 3.8) is 0 Å². The highest BCUT2D eigenvalue weighted by atomic mass is 32.2. The summed E-state index contributed by atoms with van der Waals surface area (Å²) in [4.78, 5) is 27.6. The van der Waals surface area contributed by atoms with Crippen LogP contribution in [0, 0.1) is 0 Å². The summed E-state index contributed by atoms with van der Waals surface area (Å²) in [5.41, 5.74) is 2.42. The van der Waals surface area contributed by atoms with Gasteiger partial charge in [0, 0.05) is 30.9 Å². The molecule has 2 aromatic carbocycles. The van der Waals surface area contributed by atoms with Gasteiger partial charge in [-0.15, -0.1) is 0 Å². The van der Waals surface area contributed by atoms with E-state index in [0.29, 0.717) is 22.6 Å². The molecule has 3 heterocycles. The predicted octanol–water partition coefficient (Wildman–Crippen LogP) is 1.68. The van der Waals surface area contributed by atoms with Crippen molar-refractivity contribution in [2.45, 2.75) is 30.4 Å². The van der Waals surface area contributed by atoms with Crippen LogP contribution in [0.2, 0.25) is 0 Å². The third-order valence-electron chi connectivity index (χ3n) is 6.04. The van der Waals surface area contributed by atoms with Crippen LogP contribution in [0.25, 0.3) is 0 Å². The first-order chi connectivity index (χ1) is 16.3. The van der Waals surface area contributed by atoms with E-state index in [-0.39, 0.29) is 37.0 Å². The number of rotatable bonds is 5. The van der Waals surface area contributed by atoms with Crippen molar-refractivity contribution in [2.75, 3.05) is 13.7 Å². The number of benzene rings is 2. The van der Waals surface area contributed by atoms with Crippen molar-refractivity contribution in [2.24, 2.45) is 0 Å². The van der Waals surface area contributed by atoms with E-state index in [2.05, 4.69) is 5.10 Å². The van der Waals surface area contributed by atoms with E-state index in [1.807, 2.05) is 18.2 Å². The average Bonchev–Trinajstić information content (AvgIpc) is 3.41. The van der Waals surface area contributed by atoms with Gasteiger partial charge in [0.15, 0.2) is 0 Å². The lowest BCUT2D eigenvalue weighted by Crippen LogP contribution is -2.33. The van der Waals surface area contributed by atoms with E-state index >= 15 is 0 Å². The zero-order valence-corrected chi connectivity index (χ0v) is 19.1. The van der Waals surface area contributed by atoms with E-state index in [0.717, 1.165) is 9.65 Å². The van der Waals surface area contributed by atoms with Gasteiger partial charge in [-0.2, -0.15) is 17.6 Å². The van der Waals surface area contributed by atoms with E-state index in [1.54, 1.807) is 24.1 Å². The highest BCUT2D eigenvalue weighted by molar-refractivity contribution is 7.89. The second-order valence-corrected chi connectivity index (χ2v) is 10.1. The van der Waals surface area contributed by atoms with Crippen LogP contribution in [-0.2, 0) is 34.5 Å². The Morgan fingerprint density at radius 2 is 1.88 bits per heavy atom. The van der Waals surface area contributed by atoms with Crippen LogP contribution >= 0.6 is 0 Å². The third-order valence-corrected chi connectivity index (χ3v) is 7.57. The van der Waals surface area contributed by atoms with Crippen molar-refractivity contribution in [3.05, 3.63) is 77.1 Å². The quantitative estimate of drug-likeness (QED) is 0.587. The number of hydrogen-bond acceptors (Lipinski definition) is 7. The molecule has 176 valence electrons. The van der Waals surface area contributed by atoms with Crippen molar-refractivity contribution in [1.82, 2.24) is 19.0 Å². The number of carbonyl (C=O) groups is 2. The fourth-order valence-corrected chi connectivity index (χ4v) is 5.40. The van der Waals surface area contributed by atoms with Gasteiger partial charge < -0.3 is 19.6 Å². The largest absolute Gasteiger partial charge is 0.415 e. The van der Waals surface area contributed by atoms with Crippen LogP contribution in [0.4, 0.5) is 4.79 Å². The van der Waals surface area contributed by atoms with Gasteiger partial charge in [0.2, 0.25) is 5.91 Å². The zero-order chi connectivity index (χ0) is 24.0. The Kier molecular flexibility index (Phi) is 5.37. The molecular formula is C23H22N4O6S. The lowest BCUT2D eigenvalue weighted by atomic mass is 9.98. The Morgan fingerprint density at radius 3 is 2.59 bits per heavy atom. The topological polar surface area (TPSA) is 122 Å². The number of ether oxygens (including phenoxy) is 1. The summed E-state index contributed by atoms with van der Waals surface area (Å²) in [7, 11) is -2.41. The van der Waals surface area contributed by atoms with E-state index < -0.39 is 22.0 Å². The lowest BCUT2D eigenvalue weighted by molar-refractivity contribution is -0.134. The van der Waals surface area contributed by atoms with Gasteiger partial charge in [-0.1, -0.05) is 30.3 Å². The molecule has 1 unspecified atom stereocenters. The molecule has 34 heavy (non-hydrogen) atoms. The van der Waals surface area contributed by atoms with Gasteiger partial charge in [0.05, 0.1) is 36.2 Å². The Morgan fingerprint density at radius 1 is 1.12 bits per heavy atom. The number of hydrogen-bond donors (Lipinski definition) is 1. The molecule has 5 rings (SSSR count). The summed E-state index contributed by atoms with van der Waals surface area (Å²) in [6.45, 7) is 0.273. The van der Waals surface area contributed by atoms with Crippen molar-refractivity contribution >= 4 is 22.0 Å². The van der Waals surface area contributed by atoms with Crippen LogP contribution < -0.4 is 4.74 Å². The zero-order valence-electron chi connectivity index (χ0n) is 18.3. The molecule has 0 fully saturated rings. The van der Waals surface area contributed by atoms with Gasteiger partial charge in [0.1, 0.15) is 5.75 Å². The van der Waals surface area contributed by atoms with Crippen LogP contribution in [0.15, 0.2) is 59.6 Å². The molecule has 11 heteroatoms. The summed E-state index contributed by atoms with van der Waals surface area (Å²) in [5, 5.41) is 14.0. The number of aromatic nitrogens is 2. The average molecular weight is 483 g/mol. The maximum Gasteiger partial charge on any atom is 0.415 e. The van der Waals surface area contributed by atoms with Gasteiger partial charge >= 0.3 is 6.09 Å². The minimum absolute atomic E-state index is 0.0242. The number of aliphatic hydroxyl groups is 1. The number of aliphatic hydroxyl groups excluding tert-OH is 1. The summed E-state index contributed by atoms with van der Waals surface area (Å²) in [6, 6.07) is 13.3. The van der Waals surface area contributed by atoms with E-state index in [9.17, 15) is 23.1 Å². The molecule has 1 N–H and O–H groups in total. The van der Waals surface area contributed by atoms with E-state index in [4.69, 9.17) is 4.74 Å². The normalized spacial score (nSPS) is 16.1. The number of amides is 2. The molecule has 0 bridgehead atoms. The van der Waals surface area contributed by atoms with Crippen molar-refractivity contribution < 1.29 is 27.9 Å². The number of carbonyl (C=O) groups excluding carboxylic acids is 2. The molecule has 2 amide bonds. The third kappa shape index (κ3) is 3.72. The highest BCUT2D eigenvalue weighted by Gasteiger charge is 2.33. The molecule has 0 spiro atoms. The molecule has 0 saturated carbocycles. The SMILES string of the molecule is CN1Cc2cc(S(=O)(=O)n3cc4c(n3)CN(C(=O)C(CO)c3ccccc3)C4)ccc2OC1=O. The Bertz CT molecular complexity index is 1360. The van der Waals surface area contributed by atoms with Crippen LogP contribution in [-0.4, -0.2) is 58.2 Å². The molecule has 0 saturated heterocycles. The monoisotopic (exact) mass is 482 g/mol. The maximum atomic E-state index is 13.2. The summed E-state index contributed by atoms with van der Waals surface area (Å²) >= 11 is 0. The smallest absolute Gasteiger partial charge is 0.410 e. The predicted molar refractivity (Wildman–Crippen MR) is 119 cm³/mol. The summed E-state index contributed by atoms with van der Waals surface area (Å²) in [5.74, 6) is -0.603. The summed E-state index contributed by atoms with van der Waals surface area (Å²) in [6.07, 6.45) is 0.918. The Balaban J connectivity index is 1.36. The second-order valence-electron chi connectivity index (χ2n) is 8.31. The van der Waals surface area contributed by atoms with Crippen molar-refractivity contribution in [3.8, 4) is 5.75 Å². The first-order valence-corrected chi connectivity index (χ1v) is 12.1. The molecule has 2 aliphatic heterocycles. The van der Waals surface area contributed by atoms with Gasteiger partial charge in [-0.3, -0.25) is 4.79 Å². The molecule has 2 aliphatic rings. The van der Waals surface area contributed by atoms with Crippen LogP contribution in [0.3, 0.4) is 0 Å². The number of fused-ring (bicyclic) bond motifs is 2. The minimum Gasteiger partial charge on any atom is -0.410 e. The molecule has 0 radical (unpaired) electrons. The minimum atomic E-state index is -3.98. The first-order valence-electron chi connectivity index (χ1n) is 10.6. The highest BCUT2D eigenvalue weighted by Crippen LogP contribution is 2.30. The van der Waals surface area contributed by atoms with Gasteiger partial charge in [-0.05, 0) is 23.8 Å². The van der Waals surface area contributed by atoms with Crippen LogP contribution in [0.5, 0.6) is 5.75 Å². The molecule has 10 nitrogen and oxygen atoms in total. The van der Waals surface area contributed by atoms with Crippen LogP contribution in [0.1, 0.15) is 28.3 Å². The van der Waals surface area contributed by atoms with Gasteiger partial charge in [0.25, 0.3) is 10.0 Å². The molecule has 0 aliphatic carbocycles. The van der Waals surface area contributed by atoms with Crippen molar-refractivity contribution in [1.29, 1.82) is 0 Å². The summed E-state index contributed by atoms with van der Waals surface area (Å²) < 4.78 is 32.5. The Labute approximate surface area is 196 Å². The first kappa shape index (κ1) is 22.1. The number of nitrogens with zero attached hydrogens (tertiary/aromatic N) is 4.